The van der Waals surface area contributed by atoms with Crippen molar-refractivity contribution in [3.8, 4) is 0 Å². The van der Waals surface area contributed by atoms with E-state index in [1.54, 1.807) is 22.6 Å². The fourth-order valence-corrected chi connectivity index (χ4v) is 2.31. The summed E-state index contributed by atoms with van der Waals surface area (Å²) in [4.78, 5) is 22.8. The van der Waals surface area contributed by atoms with Crippen LogP contribution in [0, 0.1) is 3.57 Å². The number of carbonyl (C=O) groups excluding carboxylic acids is 1. The predicted octanol–water partition coefficient (Wildman–Crippen LogP) is 3.73. The molecule has 1 atom stereocenters. The van der Waals surface area contributed by atoms with Gasteiger partial charge in [-0.2, -0.15) is 13.2 Å². The summed E-state index contributed by atoms with van der Waals surface area (Å²) in [6.45, 7) is 0.353. The summed E-state index contributed by atoms with van der Waals surface area (Å²) in [5.74, 6) is -3.47. The van der Waals surface area contributed by atoms with Crippen LogP contribution in [0.15, 0.2) is 12.1 Å². The van der Waals surface area contributed by atoms with Gasteiger partial charge in [0.05, 0.1) is 10.6 Å². The van der Waals surface area contributed by atoms with Crippen LogP contribution in [-0.2, 0) is 4.79 Å². The van der Waals surface area contributed by atoms with E-state index in [1.807, 2.05) is 0 Å². The minimum absolute atomic E-state index is 0.0367. The second kappa shape index (κ2) is 6.17. The maximum absolute atomic E-state index is 12.8. The van der Waals surface area contributed by atoms with Gasteiger partial charge in [0.2, 0.25) is 5.54 Å². The quantitative estimate of drug-likeness (QED) is 0.539. The molecule has 2 N–H and O–H groups in total. The summed E-state index contributed by atoms with van der Waals surface area (Å²) in [5.41, 5.74) is -3.67. The lowest BCUT2D eigenvalue weighted by atomic mass is 10.0. The van der Waals surface area contributed by atoms with E-state index in [0.29, 0.717) is 6.92 Å². The number of halogens is 6. The van der Waals surface area contributed by atoms with Gasteiger partial charge in [0.1, 0.15) is 0 Å². The van der Waals surface area contributed by atoms with Gasteiger partial charge < -0.3 is 10.4 Å². The third-order valence-electron chi connectivity index (χ3n) is 2.60. The molecule has 0 saturated heterocycles. The molecule has 1 amide bonds. The Balaban J connectivity index is 3.25. The summed E-state index contributed by atoms with van der Waals surface area (Å²) in [6.07, 6.45) is -5.18. The second-order valence-electron chi connectivity index (χ2n) is 4.13. The predicted molar refractivity (Wildman–Crippen MR) is 78.7 cm³/mol. The fourth-order valence-electron chi connectivity index (χ4n) is 1.26. The molecule has 21 heavy (non-hydrogen) atoms. The van der Waals surface area contributed by atoms with Crippen LogP contribution in [-0.4, -0.2) is 28.7 Å². The van der Waals surface area contributed by atoms with Crippen molar-refractivity contribution in [1.29, 1.82) is 0 Å². The molecule has 1 aromatic carbocycles. The molecule has 0 saturated carbocycles. The zero-order chi connectivity index (χ0) is 16.6. The molecule has 0 aliphatic carbocycles. The van der Waals surface area contributed by atoms with E-state index in [4.69, 9.17) is 28.3 Å². The van der Waals surface area contributed by atoms with Gasteiger partial charge in [-0.05, 0) is 41.6 Å². The first-order chi connectivity index (χ1) is 9.40. The van der Waals surface area contributed by atoms with Crippen LogP contribution in [0.5, 0.6) is 0 Å². The number of nitrogens with one attached hydrogen (secondary N) is 1. The van der Waals surface area contributed by atoms with Crippen molar-refractivity contribution in [1.82, 2.24) is 5.32 Å². The van der Waals surface area contributed by atoms with Gasteiger partial charge in [0, 0.05) is 8.59 Å². The molecule has 0 heterocycles. The molecule has 1 unspecified atom stereocenters. The second-order valence-corrected chi connectivity index (χ2v) is 6.05. The number of aliphatic carboxylic acids is 1. The van der Waals surface area contributed by atoms with Crippen molar-refractivity contribution in [3.63, 3.8) is 0 Å². The average Bonchev–Trinajstić information content (AvgIpc) is 2.31. The molecule has 10 heteroatoms. The molecule has 0 aromatic heterocycles. The van der Waals surface area contributed by atoms with Crippen LogP contribution in [0.2, 0.25) is 10.0 Å². The van der Waals surface area contributed by atoms with Crippen molar-refractivity contribution in [2.75, 3.05) is 0 Å². The highest BCUT2D eigenvalue weighted by molar-refractivity contribution is 14.1. The SMILES string of the molecule is CC(NC(=O)c1cc(Cl)cc(Cl)c1I)(C(=O)O)C(F)(F)F. The first-order valence-corrected chi connectivity index (χ1v) is 7.01. The van der Waals surface area contributed by atoms with Crippen LogP contribution >= 0.6 is 45.8 Å². The van der Waals surface area contributed by atoms with E-state index in [9.17, 15) is 22.8 Å². The van der Waals surface area contributed by atoms with Crippen molar-refractivity contribution >= 4 is 57.7 Å². The Morgan fingerprint density at radius 1 is 1.29 bits per heavy atom. The number of hydrogen-bond donors (Lipinski definition) is 2. The molecular weight excluding hydrogens is 449 g/mol. The van der Waals surface area contributed by atoms with E-state index < -0.39 is 23.6 Å². The van der Waals surface area contributed by atoms with Crippen LogP contribution < -0.4 is 5.32 Å². The normalized spacial score (nSPS) is 14.4. The topological polar surface area (TPSA) is 66.4 Å². The molecule has 0 aliphatic rings. The van der Waals surface area contributed by atoms with Crippen LogP contribution in [0.3, 0.4) is 0 Å². The van der Waals surface area contributed by atoms with Gasteiger partial charge in [0.25, 0.3) is 5.91 Å². The summed E-state index contributed by atoms with van der Waals surface area (Å²) in [7, 11) is 0. The Kier molecular flexibility index (Phi) is 5.38. The highest BCUT2D eigenvalue weighted by Crippen LogP contribution is 2.32. The van der Waals surface area contributed by atoms with Crippen LogP contribution in [0.25, 0.3) is 0 Å². The Morgan fingerprint density at radius 3 is 2.24 bits per heavy atom. The molecule has 1 aromatic rings. The molecule has 0 bridgehead atoms. The number of carbonyl (C=O) groups is 2. The number of amides is 1. The van der Waals surface area contributed by atoms with E-state index in [1.165, 1.54) is 11.4 Å². The molecule has 0 fully saturated rings. The molecule has 0 aliphatic heterocycles. The number of carboxylic acids is 1. The average molecular weight is 456 g/mol. The Bertz CT molecular complexity index is 609. The lowest BCUT2D eigenvalue weighted by Gasteiger charge is -2.28. The molecular formula is C11H7Cl2F3INO3. The number of benzene rings is 1. The monoisotopic (exact) mass is 455 g/mol. The van der Waals surface area contributed by atoms with Crippen LogP contribution in [0.4, 0.5) is 13.2 Å². The summed E-state index contributed by atoms with van der Waals surface area (Å²) < 4.78 is 38.7. The number of carboxylic acid groups (broad SMARTS) is 1. The molecule has 0 radical (unpaired) electrons. The largest absolute Gasteiger partial charge is 0.479 e. The van der Waals surface area contributed by atoms with E-state index in [2.05, 4.69) is 0 Å². The maximum Gasteiger partial charge on any atom is 0.422 e. The van der Waals surface area contributed by atoms with Gasteiger partial charge in [-0.25, -0.2) is 4.79 Å². The summed E-state index contributed by atoms with van der Waals surface area (Å²) >= 11 is 13.1. The number of hydrogen-bond acceptors (Lipinski definition) is 2. The Hall–Kier alpha value is -0.740. The highest BCUT2D eigenvalue weighted by atomic mass is 127. The van der Waals surface area contributed by atoms with Gasteiger partial charge in [-0.1, -0.05) is 23.2 Å². The van der Waals surface area contributed by atoms with E-state index in [-0.39, 0.29) is 19.2 Å². The van der Waals surface area contributed by atoms with Crippen LogP contribution in [0.1, 0.15) is 17.3 Å². The Labute approximate surface area is 140 Å². The lowest BCUT2D eigenvalue weighted by molar-refractivity contribution is -0.203. The van der Waals surface area contributed by atoms with Gasteiger partial charge >= 0.3 is 12.1 Å². The standard InChI is InChI=1S/C11H7Cl2F3INO3/c1-10(9(20)21,11(14,15)16)18-8(19)5-2-4(12)3-6(13)7(5)17/h2-3H,1H3,(H,18,19)(H,20,21). The molecule has 0 spiro atoms. The van der Waals surface area contributed by atoms with Crippen molar-refractivity contribution in [2.24, 2.45) is 0 Å². The number of rotatable bonds is 3. The van der Waals surface area contributed by atoms with Crippen molar-refractivity contribution in [2.45, 2.75) is 18.6 Å². The first kappa shape index (κ1) is 18.3. The van der Waals surface area contributed by atoms with Gasteiger partial charge in [0.15, 0.2) is 0 Å². The lowest BCUT2D eigenvalue weighted by Crippen LogP contribution is -2.62. The zero-order valence-electron chi connectivity index (χ0n) is 10.2. The molecule has 4 nitrogen and oxygen atoms in total. The minimum Gasteiger partial charge on any atom is -0.479 e. The summed E-state index contributed by atoms with van der Waals surface area (Å²) in [5, 5.41) is 10.3. The number of alkyl halides is 3. The Morgan fingerprint density at radius 2 is 1.81 bits per heavy atom. The minimum atomic E-state index is -5.18. The third kappa shape index (κ3) is 3.72. The van der Waals surface area contributed by atoms with E-state index >= 15 is 0 Å². The van der Waals surface area contributed by atoms with Crippen molar-refractivity contribution in [3.05, 3.63) is 31.3 Å². The third-order valence-corrected chi connectivity index (χ3v) is 4.59. The smallest absolute Gasteiger partial charge is 0.422 e. The molecule has 116 valence electrons. The summed E-state index contributed by atoms with van der Waals surface area (Å²) in [6, 6.07) is 2.41. The molecule has 1 rings (SSSR count). The highest BCUT2D eigenvalue weighted by Gasteiger charge is 2.58. The fraction of sp³-hybridized carbons (Fsp3) is 0.273. The van der Waals surface area contributed by atoms with E-state index in [0.717, 1.165) is 6.07 Å². The van der Waals surface area contributed by atoms with Crippen molar-refractivity contribution < 1.29 is 27.9 Å². The van der Waals surface area contributed by atoms with Gasteiger partial charge in [-0.15, -0.1) is 0 Å². The zero-order valence-corrected chi connectivity index (χ0v) is 13.9. The first-order valence-electron chi connectivity index (χ1n) is 5.17. The van der Waals surface area contributed by atoms with Gasteiger partial charge in [-0.3, -0.25) is 4.79 Å². The maximum atomic E-state index is 12.8.